The first-order valence-corrected chi connectivity index (χ1v) is 13.5. The number of nitrogens with zero attached hydrogens (tertiary/aromatic N) is 1. The van der Waals surface area contributed by atoms with Crippen LogP contribution in [0.15, 0.2) is 59.5 Å². The van der Waals surface area contributed by atoms with Crippen molar-refractivity contribution in [3.8, 4) is 5.75 Å². The lowest BCUT2D eigenvalue weighted by molar-refractivity contribution is -0.127. The maximum absolute atomic E-state index is 13.3. The first-order chi connectivity index (χ1) is 16.0. The number of carbonyl (C=O) groups excluding carboxylic acids is 1. The number of ether oxygens (including phenoxy) is 1. The van der Waals surface area contributed by atoms with E-state index < -0.39 is 10.0 Å². The second kappa shape index (κ2) is 9.11. The summed E-state index contributed by atoms with van der Waals surface area (Å²) >= 11 is 0. The number of hydrogen-bond donors (Lipinski definition) is 1. The standard InChI is InChI=1S/C26H32N2O4S/c29-25(20-13-17-28(18-14-20)33(30,31)21-9-3-1-4-10-21)27-23-19-26(15-7-2-8-16-26)32-24-12-6-5-11-22(23)24/h1,3-6,9-12,20,23H,2,7-8,13-19H2,(H,27,29). The van der Waals surface area contributed by atoms with E-state index in [0.29, 0.717) is 30.8 Å². The van der Waals surface area contributed by atoms with E-state index in [1.165, 1.54) is 10.7 Å². The topological polar surface area (TPSA) is 75.7 Å². The van der Waals surface area contributed by atoms with Crippen molar-refractivity contribution in [2.45, 2.75) is 67.9 Å². The number of amides is 1. The third-order valence-electron chi connectivity index (χ3n) is 7.48. The van der Waals surface area contributed by atoms with Crippen molar-refractivity contribution in [1.29, 1.82) is 0 Å². The normalized spacial score (nSPS) is 23.5. The Labute approximate surface area is 196 Å². The fourth-order valence-corrected chi connectivity index (χ4v) is 7.13. The number of benzene rings is 2. The van der Waals surface area contributed by atoms with E-state index in [2.05, 4.69) is 5.32 Å². The summed E-state index contributed by atoms with van der Waals surface area (Å²) in [6.07, 6.45) is 7.51. The average molecular weight is 469 g/mol. The van der Waals surface area contributed by atoms with Gasteiger partial charge in [0, 0.05) is 31.0 Å². The first kappa shape index (κ1) is 22.4. The molecule has 2 aliphatic heterocycles. The number of carbonyl (C=O) groups is 1. The number of nitrogens with one attached hydrogen (secondary N) is 1. The minimum absolute atomic E-state index is 0.0272. The highest BCUT2D eigenvalue weighted by Crippen LogP contribution is 2.46. The van der Waals surface area contributed by atoms with Crippen LogP contribution in [0, 0.1) is 5.92 Å². The Morgan fingerprint density at radius 1 is 0.939 bits per heavy atom. The van der Waals surface area contributed by atoms with Gasteiger partial charge >= 0.3 is 0 Å². The summed E-state index contributed by atoms with van der Waals surface area (Å²) in [5.41, 5.74) is 0.864. The molecule has 2 aromatic carbocycles. The molecule has 33 heavy (non-hydrogen) atoms. The summed E-state index contributed by atoms with van der Waals surface area (Å²) in [6, 6.07) is 16.5. The molecule has 1 N–H and O–H groups in total. The summed E-state index contributed by atoms with van der Waals surface area (Å²) in [5, 5.41) is 3.31. The second-order valence-electron chi connectivity index (χ2n) is 9.64. The monoisotopic (exact) mass is 468 g/mol. The molecule has 176 valence electrons. The van der Waals surface area contributed by atoms with E-state index in [1.54, 1.807) is 24.3 Å². The molecule has 2 heterocycles. The average Bonchev–Trinajstić information content (AvgIpc) is 2.85. The molecule has 1 atom stereocenters. The maximum Gasteiger partial charge on any atom is 0.243 e. The van der Waals surface area contributed by atoms with Crippen LogP contribution in [0.1, 0.15) is 63.0 Å². The van der Waals surface area contributed by atoms with Crippen LogP contribution < -0.4 is 10.1 Å². The smallest absolute Gasteiger partial charge is 0.243 e. The van der Waals surface area contributed by atoms with Gasteiger partial charge in [-0.1, -0.05) is 42.8 Å². The number of piperidine rings is 1. The predicted octanol–water partition coefficient (Wildman–Crippen LogP) is 4.43. The van der Waals surface area contributed by atoms with E-state index in [0.717, 1.165) is 43.4 Å². The molecule has 7 heteroatoms. The van der Waals surface area contributed by atoms with Crippen LogP contribution in [0.2, 0.25) is 0 Å². The quantitative estimate of drug-likeness (QED) is 0.720. The van der Waals surface area contributed by atoms with Crippen molar-refractivity contribution in [3.05, 3.63) is 60.2 Å². The van der Waals surface area contributed by atoms with Gasteiger partial charge in [0.05, 0.1) is 10.9 Å². The van der Waals surface area contributed by atoms with E-state index in [-0.39, 0.29) is 23.5 Å². The van der Waals surface area contributed by atoms with E-state index in [4.69, 9.17) is 4.74 Å². The Kier molecular flexibility index (Phi) is 6.18. The Bertz CT molecular complexity index is 1090. The van der Waals surface area contributed by atoms with Crippen LogP contribution >= 0.6 is 0 Å². The molecule has 1 amide bonds. The Hall–Kier alpha value is -2.38. The van der Waals surface area contributed by atoms with Crippen molar-refractivity contribution >= 4 is 15.9 Å². The molecule has 1 aliphatic carbocycles. The third kappa shape index (κ3) is 4.53. The summed E-state index contributed by atoms with van der Waals surface area (Å²) in [4.78, 5) is 13.6. The summed E-state index contributed by atoms with van der Waals surface area (Å²) < 4.78 is 33.8. The molecular formula is C26H32N2O4S. The molecule has 6 nitrogen and oxygen atoms in total. The van der Waals surface area contributed by atoms with Crippen LogP contribution in [0.5, 0.6) is 5.75 Å². The van der Waals surface area contributed by atoms with Crippen LogP contribution in [-0.2, 0) is 14.8 Å². The van der Waals surface area contributed by atoms with Crippen LogP contribution in [0.3, 0.4) is 0 Å². The number of para-hydroxylation sites is 1. The van der Waals surface area contributed by atoms with Crippen molar-refractivity contribution in [3.63, 3.8) is 0 Å². The Balaban J connectivity index is 1.26. The summed E-state index contributed by atoms with van der Waals surface area (Å²) in [7, 11) is -3.51. The minimum atomic E-state index is -3.51. The zero-order valence-corrected chi connectivity index (χ0v) is 19.7. The molecule has 2 aromatic rings. The maximum atomic E-state index is 13.3. The van der Waals surface area contributed by atoms with Crippen molar-refractivity contribution in [2.24, 2.45) is 5.92 Å². The molecule has 0 aromatic heterocycles. The van der Waals surface area contributed by atoms with Crippen LogP contribution in [-0.4, -0.2) is 37.3 Å². The van der Waals surface area contributed by atoms with Gasteiger partial charge in [0.25, 0.3) is 0 Å². The molecule has 1 saturated heterocycles. The number of sulfonamides is 1. The van der Waals surface area contributed by atoms with Gasteiger partial charge in [0.1, 0.15) is 11.4 Å². The molecule has 1 saturated carbocycles. The lowest BCUT2D eigenvalue weighted by atomic mass is 9.77. The highest BCUT2D eigenvalue weighted by Gasteiger charge is 2.43. The Morgan fingerprint density at radius 3 is 2.33 bits per heavy atom. The van der Waals surface area contributed by atoms with Gasteiger partial charge in [-0.2, -0.15) is 4.31 Å². The van der Waals surface area contributed by atoms with Gasteiger partial charge in [-0.25, -0.2) is 8.42 Å². The summed E-state index contributed by atoms with van der Waals surface area (Å²) in [6.45, 7) is 0.729. The van der Waals surface area contributed by atoms with Gasteiger partial charge in [-0.05, 0) is 56.7 Å². The second-order valence-corrected chi connectivity index (χ2v) is 11.6. The molecule has 1 unspecified atom stereocenters. The van der Waals surface area contributed by atoms with Gasteiger partial charge in [0.2, 0.25) is 15.9 Å². The molecule has 0 bridgehead atoms. The highest BCUT2D eigenvalue weighted by molar-refractivity contribution is 7.89. The first-order valence-electron chi connectivity index (χ1n) is 12.1. The number of fused-ring (bicyclic) bond motifs is 1. The van der Waals surface area contributed by atoms with Crippen molar-refractivity contribution < 1.29 is 17.9 Å². The van der Waals surface area contributed by atoms with Gasteiger partial charge in [0.15, 0.2) is 0 Å². The number of rotatable bonds is 4. The van der Waals surface area contributed by atoms with Gasteiger partial charge in [-0.3, -0.25) is 4.79 Å². The lowest BCUT2D eigenvalue weighted by Gasteiger charge is -2.45. The van der Waals surface area contributed by atoms with Crippen LogP contribution in [0.25, 0.3) is 0 Å². The van der Waals surface area contributed by atoms with E-state index in [1.807, 2.05) is 30.3 Å². The Morgan fingerprint density at radius 2 is 1.61 bits per heavy atom. The molecule has 2 fully saturated rings. The molecule has 0 radical (unpaired) electrons. The molecule has 3 aliphatic rings. The van der Waals surface area contributed by atoms with Crippen molar-refractivity contribution in [2.75, 3.05) is 13.1 Å². The SMILES string of the molecule is O=C(NC1CC2(CCCCC2)Oc2ccccc21)C1CCN(S(=O)(=O)c2ccccc2)CC1. The fraction of sp³-hybridized carbons (Fsp3) is 0.500. The third-order valence-corrected chi connectivity index (χ3v) is 9.40. The molecular weight excluding hydrogens is 436 g/mol. The van der Waals surface area contributed by atoms with E-state index >= 15 is 0 Å². The van der Waals surface area contributed by atoms with Gasteiger partial charge in [-0.15, -0.1) is 0 Å². The van der Waals surface area contributed by atoms with E-state index in [9.17, 15) is 13.2 Å². The van der Waals surface area contributed by atoms with Gasteiger partial charge < -0.3 is 10.1 Å². The molecule has 1 spiro atoms. The largest absolute Gasteiger partial charge is 0.487 e. The zero-order chi connectivity index (χ0) is 22.9. The lowest BCUT2D eigenvalue weighted by Crippen LogP contribution is -2.48. The van der Waals surface area contributed by atoms with Crippen LogP contribution in [0.4, 0.5) is 0 Å². The van der Waals surface area contributed by atoms with Crippen molar-refractivity contribution in [1.82, 2.24) is 9.62 Å². The zero-order valence-electron chi connectivity index (χ0n) is 18.9. The fourth-order valence-electron chi connectivity index (χ4n) is 5.64. The predicted molar refractivity (Wildman–Crippen MR) is 126 cm³/mol. The highest BCUT2D eigenvalue weighted by atomic mass is 32.2. The minimum Gasteiger partial charge on any atom is -0.487 e. The molecule has 5 rings (SSSR count). The number of hydrogen-bond acceptors (Lipinski definition) is 4. The summed E-state index contributed by atoms with van der Waals surface area (Å²) in [5.74, 6) is 0.740.